The minimum atomic E-state index is -0.507. The molecule has 2 atom stereocenters. The van der Waals surface area contributed by atoms with Gasteiger partial charge in [0.1, 0.15) is 36.1 Å². The number of rotatable bonds is 7. The number of ether oxygens (including phenoxy) is 2. The van der Waals surface area contributed by atoms with Gasteiger partial charge < -0.3 is 19.1 Å². The number of likely N-dealkylation sites (tertiary alicyclic amines) is 1. The molecule has 4 rings (SSSR count). The first-order valence-corrected chi connectivity index (χ1v) is 11.1. The van der Waals surface area contributed by atoms with E-state index in [1.807, 2.05) is 26.0 Å². The van der Waals surface area contributed by atoms with Crippen LogP contribution in [0.3, 0.4) is 0 Å². The van der Waals surface area contributed by atoms with Gasteiger partial charge in [0.15, 0.2) is 0 Å². The van der Waals surface area contributed by atoms with Crippen molar-refractivity contribution in [1.82, 2.24) is 10.1 Å². The Morgan fingerprint density at radius 1 is 1.00 bits per heavy atom. The summed E-state index contributed by atoms with van der Waals surface area (Å²) in [7, 11) is 0. The first-order valence-electron chi connectivity index (χ1n) is 11.1. The van der Waals surface area contributed by atoms with Crippen LogP contribution in [0.25, 0.3) is 0 Å². The highest BCUT2D eigenvalue weighted by Crippen LogP contribution is 2.29. The topological polar surface area (TPSA) is 68.0 Å². The maximum atomic E-state index is 10.6. The van der Waals surface area contributed by atoms with Crippen LogP contribution in [-0.4, -0.2) is 40.5 Å². The molecule has 0 amide bonds. The van der Waals surface area contributed by atoms with Gasteiger partial charge in [0, 0.05) is 19.6 Å². The predicted octanol–water partition coefficient (Wildman–Crippen LogP) is 4.42. The van der Waals surface area contributed by atoms with Crippen LogP contribution in [0.4, 0.5) is 0 Å². The van der Waals surface area contributed by atoms with Crippen molar-refractivity contribution in [3.63, 3.8) is 0 Å². The number of nitrogens with zero attached hydrogens (tertiary/aromatic N) is 2. The van der Waals surface area contributed by atoms with Gasteiger partial charge in [-0.25, -0.2) is 0 Å². The molecule has 0 spiro atoms. The van der Waals surface area contributed by atoms with Crippen LogP contribution in [0, 0.1) is 34.6 Å². The van der Waals surface area contributed by atoms with Gasteiger partial charge in [-0.3, -0.25) is 4.90 Å². The van der Waals surface area contributed by atoms with Crippen LogP contribution >= 0.6 is 0 Å². The lowest BCUT2D eigenvalue weighted by Crippen LogP contribution is -2.30. The summed E-state index contributed by atoms with van der Waals surface area (Å²) in [6.45, 7) is 12.5. The molecule has 3 aromatic rings. The van der Waals surface area contributed by atoms with E-state index < -0.39 is 6.10 Å². The molecule has 170 valence electrons. The lowest BCUT2D eigenvalue weighted by Gasteiger charge is -2.21. The molecule has 2 heterocycles. The molecule has 1 N–H and O–H groups in total. The van der Waals surface area contributed by atoms with Crippen LogP contribution in [0.1, 0.15) is 39.3 Å². The fourth-order valence-electron chi connectivity index (χ4n) is 4.15. The Kier molecular flexibility index (Phi) is 6.53. The third-order valence-corrected chi connectivity index (χ3v) is 6.35. The van der Waals surface area contributed by atoms with E-state index in [4.69, 9.17) is 14.0 Å². The number of aliphatic hydroxyl groups is 1. The summed E-state index contributed by atoms with van der Waals surface area (Å²) in [5.74, 6) is 2.50. The highest BCUT2D eigenvalue weighted by molar-refractivity contribution is 5.44. The van der Waals surface area contributed by atoms with Gasteiger partial charge in [-0.05, 0) is 69.0 Å². The zero-order valence-electron chi connectivity index (χ0n) is 19.5. The van der Waals surface area contributed by atoms with Crippen LogP contribution in [0.2, 0.25) is 0 Å². The van der Waals surface area contributed by atoms with Crippen molar-refractivity contribution >= 4 is 0 Å². The Balaban J connectivity index is 1.33. The lowest BCUT2D eigenvalue weighted by molar-refractivity contribution is 0.0727. The number of aromatic nitrogens is 1. The molecule has 0 aliphatic carbocycles. The third kappa shape index (κ3) is 4.81. The first-order chi connectivity index (χ1) is 15.3. The number of β-amino-alcohol motifs (C(OH)–C–C–N with tert-alkyl or cyclic N) is 1. The lowest BCUT2D eigenvalue weighted by atomic mass is 10.1. The highest BCUT2D eigenvalue weighted by Gasteiger charge is 2.33. The second-order valence-corrected chi connectivity index (χ2v) is 8.81. The van der Waals surface area contributed by atoms with Gasteiger partial charge in [0.2, 0.25) is 0 Å². The Labute approximate surface area is 189 Å². The fourth-order valence-corrected chi connectivity index (χ4v) is 4.15. The van der Waals surface area contributed by atoms with Crippen molar-refractivity contribution in [2.75, 3.05) is 13.1 Å². The van der Waals surface area contributed by atoms with E-state index in [2.05, 4.69) is 55.1 Å². The normalized spacial score (nSPS) is 18.8. The maximum Gasteiger partial charge on any atom is 0.140 e. The molecule has 1 aromatic heterocycles. The summed E-state index contributed by atoms with van der Waals surface area (Å²) in [4.78, 5) is 2.23. The molecular formula is C26H32N2O4. The number of aliphatic hydroxyl groups excluding tert-OH is 1. The van der Waals surface area contributed by atoms with E-state index in [1.165, 1.54) is 11.1 Å². The van der Waals surface area contributed by atoms with Gasteiger partial charge in [0.05, 0.1) is 11.3 Å². The second kappa shape index (κ2) is 9.35. The summed E-state index contributed by atoms with van der Waals surface area (Å²) in [5.41, 5.74) is 6.47. The molecule has 0 bridgehead atoms. The van der Waals surface area contributed by atoms with Crippen LogP contribution in [-0.2, 0) is 13.2 Å². The van der Waals surface area contributed by atoms with E-state index in [9.17, 15) is 5.11 Å². The maximum absolute atomic E-state index is 10.6. The third-order valence-electron chi connectivity index (χ3n) is 6.35. The Bertz CT molecular complexity index is 1050. The van der Waals surface area contributed by atoms with Crippen LogP contribution < -0.4 is 9.47 Å². The van der Waals surface area contributed by atoms with Crippen molar-refractivity contribution in [2.45, 2.75) is 60.0 Å². The largest absolute Gasteiger partial charge is 0.489 e. The number of benzene rings is 2. The number of aryl methyl sites for hydroxylation is 4. The highest BCUT2D eigenvalue weighted by atomic mass is 16.5. The minimum absolute atomic E-state index is 0.230. The average molecular weight is 437 g/mol. The molecule has 32 heavy (non-hydrogen) atoms. The van der Waals surface area contributed by atoms with Crippen molar-refractivity contribution in [1.29, 1.82) is 0 Å². The SMILES string of the molecule is Cc1ccc(C)c(O[C@H]2CN(Cc3ccc(OCc4c(C)noc4C)cc3)C[C@@H]2O)c1C. The quantitative estimate of drug-likeness (QED) is 0.591. The molecule has 6 heteroatoms. The molecule has 1 fully saturated rings. The van der Waals surface area contributed by atoms with Gasteiger partial charge in [0.25, 0.3) is 0 Å². The summed E-state index contributed by atoms with van der Waals surface area (Å²) in [6, 6.07) is 12.3. The Hall–Kier alpha value is -2.83. The van der Waals surface area contributed by atoms with Crippen molar-refractivity contribution in [3.05, 3.63) is 75.7 Å². The monoisotopic (exact) mass is 436 g/mol. The number of hydrogen-bond donors (Lipinski definition) is 1. The van der Waals surface area contributed by atoms with Gasteiger partial charge in [-0.2, -0.15) is 0 Å². The summed E-state index contributed by atoms with van der Waals surface area (Å²) < 4.78 is 17.4. The van der Waals surface area contributed by atoms with E-state index in [-0.39, 0.29) is 6.10 Å². The zero-order chi connectivity index (χ0) is 22.8. The molecule has 0 unspecified atom stereocenters. The first kappa shape index (κ1) is 22.4. The van der Waals surface area contributed by atoms with Crippen molar-refractivity contribution < 1.29 is 19.1 Å². The van der Waals surface area contributed by atoms with Gasteiger partial charge in [-0.15, -0.1) is 0 Å². The smallest absolute Gasteiger partial charge is 0.140 e. The Morgan fingerprint density at radius 2 is 1.72 bits per heavy atom. The van der Waals surface area contributed by atoms with E-state index in [0.717, 1.165) is 46.2 Å². The standard InChI is InChI=1S/C26H32N2O4/c1-16-6-7-17(2)26(18(16)3)31-25-14-28(13-24(25)29)12-21-8-10-22(11-9-21)30-15-23-19(4)27-32-20(23)5/h6-11,24-25,29H,12-15H2,1-5H3/t24-,25-/m0/s1. The zero-order valence-corrected chi connectivity index (χ0v) is 19.5. The van der Waals surface area contributed by atoms with Crippen LogP contribution in [0.5, 0.6) is 11.5 Å². The summed E-state index contributed by atoms with van der Waals surface area (Å²) >= 11 is 0. The predicted molar refractivity (Wildman–Crippen MR) is 123 cm³/mol. The minimum Gasteiger partial charge on any atom is -0.489 e. The van der Waals surface area contributed by atoms with Gasteiger partial charge in [-0.1, -0.05) is 29.4 Å². The molecule has 6 nitrogen and oxygen atoms in total. The average Bonchev–Trinajstić information content (AvgIpc) is 3.28. The van der Waals surface area contributed by atoms with E-state index in [1.54, 1.807) is 0 Å². The second-order valence-electron chi connectivity index (χ2n) is 8.81. The molecule has 1 aliphatic rings. The van der Waals surface area contributed by atoms with Crippen molar-refractivity contribution in [2.24, 2.45) is 0 Å². The molecule has 1 aliphatic heterocycles. The molecular weight excluding hydrogens is 404 g/mol. The molecule has 1 saturated heterocycles. The van der Waals surface area contributed by atoms with Gasteiger partial charge >= 0.3 is 0 Å². The van der Waals surface area contributed by atoms with Crippen molar-refractivity contribution in [3.8, 4) is 11.5 Å². The molecule has 0 radical (unpaired) electrons. The summed E-state index contributed by atoms with van der Waals surface area (Å²) in [6.07, 6.45) is -0.737. The molecule has 0 saturated carbocycles. The summed E-state index contributed by atoms with van der Waals surface area (Å²) in [5, 5.41) is 14.6. The fraction of sp³-hybridized carbons (Fsp3) is 0.423. The van der Waals surface area contributed by atoms with E-state index >= 15 is 0 Å². The van der Waals surface area contributed by atoms with Crippen LogP contribution in [0.15, 0.2) is 40.9 Å². The number of hydrogen-bond acceptors (Lipinski definition) is 6. The van der Waals surface area contributed by atoms with E-state index in [0.29, 0.717) is 19.7 Å². The Morgan fingerprint density at radius 3 is 2.41 bits per heavy atom. The molecule has 2 aromatic carbocycles.